The van der Waals surface area contributed by atoms with E-state index in [1.807, 2.05) is 29.1 Å². The molecule has 3 aromatic rings. The van der Waals surface area contributed by atoms with Gasteiger partial charge in [0.1, 0.15) is 11.4 Å². The molecule has 0 spiro atoms. The first-order valence-electron chi connectivity index (χ1n) is 6.11. The summed E-state index contributed by atoms with van der Waals surface area (Å²) in [5.74, 6) is 0.990. The zero-order valence-corrected chi connectivity index (χ0v) is 11.2. The lowest BCUT2D eigenvalue weighted by atomic mass is 10.3. The highest BCUT2D eigenvalue weighted by atomic mass is 16.1. The normalized spacial score (nSPS) is 10.7. The van der Waals surface area contributed by atoms with Crippen molar-refractivity contribution in [2.24, 2.45) is 14.1 Å². The summed E-state index contributed by atoms with van der Waals surface area (Å²) < 4.78 is 5.14. The van der Waals surface area contributed by atoms with Crippen molar-refractivity contribution in [1.29, 1.82) is 0 Å². The molecule has 20 heavy (non-hydrogen) atoms. The summed E-state index contributed by atoms with van der Waals surface area (Å²) in [7, 11) is 3.60. The van der Waals surface area contributed by atoms with Gasteiger partial charge in [0.25, 0.3) is 5.91 Å². The first-order valence-corrected chi connectivity index (χ1v) is 6.11. The topological polar surface area (TPSA) is 69.7 Å². The van der Waals surface area contributed by atoms with E-state index >= 15 is 0 Å². The summed E-state index contributed by atoms with van der Waals surface area (Å²) in [6, 6.07) is 5.53. The number of nitrogens with zero attached hydrogens (tertiary/aromatic N) is 5. The van der Waals surface area contributed by atoms with Crippen LogP contribution in [-0.4, -0.2) is 30.0 Å². The van der Waals surface area contributed by atoms with Gasteiger partial charge in [-0.15, -0.1) is 0 Å². The molecule has 0 aliphatic rings. The number of aryl methyl sites for hydroxylation is 2. The summed E-state index contributed by atoms with van der Waals surface area (Å²) in [6.07, 6.45) is 7.06. The van der Waals surface area contributed by atoms with Crippen molar-refractivity contribution in [3.63, 3.8) is 0 Å². The number of hydrogen-bond donors (Lipinski definition) is 1. The molecule has 7 nitrogen and oxygen atoms in total. The minimum absolute atomic E-state index is 0.236. The van der Waals surface area contributed by atoms with Crippen LogP contribution in [0.1, 0.15) is 10.4 Å². The molecule has 0 bridgehead atoms. The monoisotopic (exact) mass is 270 g/mol. The van der Waals surface area contributed by atoms with Crippen LogP contribution >= 0.6 is 0 Å². The van der Waals surface area contributed by atoms with E-state index in [9.17, 15) is 4.79 Å². The summed E-state index contributed by atoms with van der Waals surface area (Å²) in [4.78, 5) is 12.3. The Morgan fingerprint density at radius 1 is 1.20 bits per heavy atom. The molecule has 0 saturated carbocycles. The molecule has 7 heteroatoms. The highest BCUT2D eigenvalue weighted by Crippen LogP contribution is 2.15. The fourth-order valence-corrected chi connectivity index (χ4v) is 2.04. The Hall–Kier alpha value is -2.83. The van der Waals surface area contributed by atoms with Crippen LogP contribution in [0.25, 0.3) is 5.82 Å². The van der Waals surface area contributed by atoms with Gasteiger partial charge in [-0.3, -0.25) is 14.2 Å². The largest absolute Gasteiger partial charge is 0.308 e. The van der Waals surface area contributed by atoms with Crippen molar-refractivity contribution in [2.45, 2.75) is 0 Å². The Bertz CT molecular complexity index is 737. The minimum atomic E-state index is -0.236. The molecule has 0 unspecified atom stereocenters. The number of carbonyl (C=O) groups is 1. The van der Waals surface area contributed by atoms with Crippen molar-refractivity contribution < 1.29 is 4.79 Å². The van der Waals surface area contributed by atoms with E-state index in [1.165, 1.54) is 0 Å². The number of rotatable bonds is 3. The zero-order chi connectivity index (χ0) is 14.1. The molecule has 3 rings (SSSR count). The first kappa shape index (κ1) is 12.2. The van der Waals surface area contributed by atoms with Gasteiger partial charge in [0.2, 0.25) is 0 Å². The molecule has 3 heterocycles. The average Bonchev–Trinajstić information content (AvgIpc) is 3.10. The van der Waals surface area contributed by atoms with Crippen molar-refractivity contribution >= 4 is 11.7 Å². The van der Waals surface area contributed by atoms with E-state index in [2.05, 4.69) is 15.5 Å². The van der Waals surface area contributed by atoms with E-state index in [1.54, 1.807) is 41.9 Å². The summed E-state index contributed by atoms with van der Waals surface area (Å²) >= 11 is 0. The number of amides is 1. The molecule has 1 amide bonds. The summed E-state index contributed by atoms with van der Waals surface area (Å²) in [5.41, 5.74) is 0.495. The Labute approximate surface area is 115 Å². The molecule has 102 valence electrons. The van der Waals surface area contributed by atoms with Crippen LogP contribution in [0.2, 0.25) is 0 Å². The van der Waals surface area contributed by atoms with Crippen LogP contribution < -0.4 is 5.32 Å². The van der Waals surface area contributed by atoms with Crippen LogP contribution in [0.5, 0.6) is 0 Å². The Morgan fingerprint density at radius 3 is 2.60 bits per heavy atom. The Morgan fingerprint density at radius 2 is 1.95 bits per heavy atom. The zero-order valence-electron chi connectivity index (χ0n) is 11.2. The maximum Gasteiger partial charge on any atom is 0.262 e. The summed E-state index contributed by atoms with van der Waals surface area (Å²) in [6.45, 7) is 0. The quantitative estimate of drug-likeness (QED) is 0.777. The molecule has 0 fully saturated rings. The van der Waals surface area contributed by atoms with Crippen LogP contribution in [-0.2, 0) is 14.1 Å². The predicted octanol–water partition coefficient (Wildman–Crippen LogP) is 1.20. The maximum atomic E-state index is 12.3. The number of anilines is 1. The van der Waals surface area contributed by atoms with Gasteiger partial charge in [-0.05, 0) is 12.1 Å². The minimum Gasteiger partial charge on any atom is -0.308 e. The van der Waals surface area contributed by atoms with E-state index in [4.69, 9.17) is 0 Å². The van der Waals surface area contributed by atoms with Crippen LogP contribution in [0.3, 0.4) is 0 Å². The Balaban J connectivity index is 1.93. The molecule has 3 aromatic heterocycles. The molecule has 0 radical (unpaired) electrons. The van der Waals surface area contributed by atoms with Crippen molar-refractivity contribution in [2.75, 3.05) is 5.32 Å². The van der Waals surface area contributed by atoms with Gasteiger partial charge < -0.3 is 9.88 Å². The molecule has 0 aromatic carbocycles. The SMILES string of the molecule is Cn1ccc(NC(=O)c2cnn(C)c2-n2cccc2)n1. The van der Waals surface area contributed by atoms with E-state index in [0.29, 0.717) is 17.2 Å². The van der Waals surface area contributed by atoms with Gasteiger partial charge in [0.15, 0.2) is 5.82 Å². The molecular weight excluding hydrogens is 256 g/mol. The second kappa shape index (κ2) is 4.69. The molecule has 0 aliphatic carbocycles. The summed E-state index contributed by atoms with van der Waals surface area (Å²) in [5, 5.41) is 11.0. The number of carbonyl (C=O) groups excluding carboxylic acids is 1. The standard InChI is InChI=1S/C13H14N6O/c1-17-8-5-11(16-17)15-12(20)10-9-14-18(2)13(10)19-6-3-4-7-19/h3-9H,1-2H3,(H,15,16,20). The predicted molar refractivity (Wildman–Crippen MR) is 73.7 cm³/mol. The van der Waals surface area contributed by atoms with E-state index < -0.39 is 0 Å². The van der Waals surface area contributed by atoms with Crippen molar-refractivity contribution in [1.82, 2.24) is 24.1 Å². The van der Waals surface area contributed by atoms with Gasteiger partial charge in [0.05, 0.1) is 6.20 Å². The lowest BCUT2D eigenvalue weighted by Gasteiger charge is -2.07. The van der Waals surface area contributed by atoms with Crippen LogP contribution in [0.4, 0.5) is 5.82 Å². The fourth-order valence-electron chi connectivity index (χ4n) is 2.04. The molecule has 1 N–H and O–H groups in total. The van der Waals surface area contributed by atoms with Gasteiger partial charge >= 0.3 is 0 Å². The van der Waals surface area contributed by atoms with E-state index in [-0.39, 0.29) is 5.91 Å². The second-order valence-corrected chi connectivity index (χ2v) is 4.42. The highest BCUT2D eigenvalue weighted by molar-refractivity contribution is 6.05. The average molecular weight is 270 g/mol. The van der Waals surface area contributed by atoms with Gasteiger partial charge in [-0.1, -0.05) is 0 Å². The van der Waals surface area contributed by atoms with Crippen LogP contribution in [0.15, 0.2) is 43.0 Å². The number of hydrogen-bond acceptors (Lipinski definition) is 3. The third-order valence-corrected chi connectivity index (χ3v) is 2.96. The Kier molecular flexibility index (Phi) is 2.86. The number of aromatic nitrogens is 5. The van der Waals surface area contributed by atoms with Crippen LogP contribution in [0, 0.1) is 0 Å². The van der Waals surface area contributed by atoms with E-state index in [0.717, 1.165) is 0 Å². The van der Waals surface area contributed by atoms with Gasteiger partial charge in [-0.2, -0.15) is 10.2 Å². The third-order valence-electron chi connectivity index (χ3n) is 2.96. The van der Waals surface area contributed by atoms with Crippen molar-refractivity contribution in [3.05, 3.63) is 48.5 Å². The smallest absolute Gasteiger partial charge is 0.262 e. The molecule has 0 atom stereocenters. The van der Waals surface area contributed by atoms with Gasteiger partial charge in [-0.25, -0.2) is 0 Å². The van der Waals surface area contributed by atoms with Gasteiger partial charge in [0, 0.05) is 38.8 Å². The first-order chi connectivity index (χ1) is 9.65. The fraction of sp³-hybridized carbons (Fsp3) is 0.154. The number of nitrogens with one attached hydrogen (secondary N) is 1. The maximum absolute atomic E-state index is 12.3. The second-order valence-electron chi connectivity index (χ2n) is 4.42. The molecular formula is C13H14N6O. The lowest BCUT2D eigenvalue weighted by Crippen LogP contribution is -2.15. The third kappa shape index (κ3) is 2.09. The molecule has 0 saturated heterocycles. The molecule has 0 aliphatic heterocycles. The van der Waals surface area contributed by atoms with Crippen molar-refractivity contribution in [3.8, 4) is 5.82 Å². The lowest BCUT2D eigenvalue weighted by molar-refractivity contribution is 0.102. The highest BCUT2D eigenvalue weighted by Gasteiger charge is 2.17.